The SMILES string of the molecule is CCCNC1CCCC1CCSc1nc(CC)ns1. The summed E-state index contributed by atoms with van der Waals surface area (Å²) in [6.45, 7) is 5.52. The Morgan fingerprint density at radius 1 is 1.37 bits per heavy atom. The number of aromatic nitrogens is 2. The molecule has 19 heavy (non-hydrogen) atoms. The van der Waals surface area contributed by atoms with Gasteiger partial charge in [0.05, 0.1) is 0 Å². The van der Waals surface area contributed by atoms with Crippen LogP contribution >= 0.6 is 23.3 Å². The Morgan fingerprint density at radius 3 is 3.00 bits per heavy atom. The number of hydrogen-bond donors (Lipinski definition) is 1. The Bertz CT molecular complexity index is 367. The van der Waals surface area contributed by atoms with Crippen LogP contribution in [0.25, 0.3) is 0 Å². The molecule has 1 aliphatic carbocycles. The molecule has 5 heteroatoms. The molecule has 1 saturated carbocycles. The van der Waals surface area contributed by atoms with E-state index >= 15 is 0 Å². The highest BCUT2D eigenvalue weighted by molar-refractivity contribution is 8.00. The Labute approximate surface area is 125 Å². The number of rotatable bonds is 8. The summed E-state index contributed by atoms with van der Waals surface area (Å²) in [5.41, 5.74) is 0. The number of thioether (sulfide) groups is 1. The predicted molar refractivity (Wildman–Crippen MR) is 84.1 cm³/mol. The van der Waals surface area contributed by atoms with Crippen LogP contribution in [0.2, 0.25) is 0 Å². The lowest BCUT2D eigenvalue weighted by molar-refractivity contribution is 0.393. The zero-order valence-electron chi connectivity index (χ0n) is 12.0. The van der Waals surface area contributed by atoms with Crippen LogP contribution in [0.1, 0.15) is 51.8 Å². The molecule has 0 bridgehead atoms. The van der Waals surface area contributed by atoms with Crippen LogP contribution in [0.3, 0.4) is 0 Å². The average Bonchev–Trinajstić information content (AvgIpc) is 3.05. The van der Waals surface area contributed by atoms with E-state index in [-0.39, 0.29) is 0 Å². The van der Waals surface area contributed by atoms with Crippen molar-refractivity contribution in [2.45, 2.75) is 62.8 Å². The average molecular weight is 300 g/mol. The number of aryl methyl sites for hydroxylation is 1. The first kappa shape index (κ1) is 15.3. The Hall–Kier alpha value is -0.130. The molecule has 1 aliphatic rings. The van der Waals surface area contributed by atoms with Crippen LogP contribution in [0.5, 0.6) is 0 Å². The fourth-order valence-corrected chi connectivity index (χ4v) is 4.56. The van der Waals surface area contributed by atoms with Crippen molar-refractivity contribution in [3.05, 3.63) is 5.82 Å². The maximum absolute atomic E-state index is 4.52. The van der Waals surface area contributed by atoms with Gasteiger partial charge >= 0.3 is 0 Å². The van der Waals surface area contributed by atoms with E-state index in [1.165, 1.54) is 44.4 Å². The van der Waals surface area contributed by atoms with Gasteiger partial charge in [-0.3, -0.25) is 0 Å². The highest BCUT2D eigenvalue weighted by Crippen LogP contribution is 2.31. The van der Waals surface area contributed by atoms with Crippen molar-refractivity contribution in [2.75, 3.05) is 12.3 Å². The first-order chi connectivity index (χ1) is 9.33. The largest absolute Gasteiger partial charge is 0.314 e. The van der Waals surface area contributed by atoms with Crippen molar-refractivity contribution >= 4 is 23.3 Å². The molecule has 1 aromatic heterocycles. The third-order valence-electron chi connectivity index (χ3n) is 3.80. The molecule has 0 saturated heterocycles. The smallest absolute Gasteiger partial charge is 0.170 e. The fourth-order valence-electron chi connectivity index (χ4n) is 2.72. The molecular weight excluding hydrogens is 274 g/mol. The van der Waals surface area contributed by atoms with Crippen LogP contribution in [0, 0.1) is 5.92 Å². The quantitative estimate of drug-likeness (QED) is 0.742. The minimum atomic E-state index is 0.765. The van der Waals surface area contributed by atoms with Crippen molar-refractivity contribution in [3.8, 4) is 0 Å². The highest BCUT2D eigenvalue weighted by Gasteiger charge is 2.26. The van der Waals surface area contributed by atoms with E-state index in [0.29, 0.717) is 0 Å². The zero-order chi connectivity index (χ0) is 13.5. The van der Waals surface area contributed by atoms with E-state index in [4.69, 9.17) is 0 Å². The normalized spacial score (nSPS) is 23.1. The van der Waals surface area contributed by atoms with Gasteiger partial charge in [-0.15, -0.1) is 0 Å². The minimum absolute atomic E-state index is 0.765. The van der Waals surface area contributed by atoms with Crippen molar-refractivity contribution in [1.29, 1.82) is 0 Å². The monoisotopic (exact) mass is 299 g/mol. The second kappa shape index (κ2) is 8.22. The van der Waals surface area contributed by atoms with E-state index in [1.807, 2.05) is 11.8 Å². The van der Waals surface area contributed by atoms with Gasteiger partial charge < -0.3 is 5.32 Å². The lowest BCUT2D eigenvalue weighted by atomic mass is 10.0. The standard InChI is InChI=1S/C14H25N3S2/c1-3-9-15-12-7-5-6-11(12)8-10-18-14-16-13(4-2)17-19-14/h11-12,15H,3-10H2,1-2H3. The maximum Gasteiger partial charge on any atom is 0.170 e. The second-order valence-electron chi connectivity index (χ2n) is 5.22. The highest BCUT2D eigenvalue weighted by atomic mass is 32.2. The predicted octanol–water partition coefficient (Wildman–Crippen LogP) is 3.75. The summed E-state index contributed by atoms with van der Waals surface area (Å²) < 4.78 is 5.48. The number of nitrogens with one attached hydrogen (secondary N) is 1. The van der Waals surface area contributed by atoms with Gasteiger partial charge in [-0.25, -0.2) is 4.98 Å². The molecule has 0 amide bonds. The molecular formula is C14H25N3S2. The molecule has 0 aliphatic heterocycles. The molecule has 2 rings (SSSR count). The number of hydrogen-bond acceptors (Lipinski definition) is 5. The van der Waals surface area contributed by atoms with Crippen LogP contribution < -0.4 is 5.32 Å². The third-order valence-corrected chi connectivity index (χ3v) is 5.70. The fraction of sp³-hybridized carbons (Fsp3) is 0.857. The molecule has 0 aromatic carbocycles. The maximum atomic E-state index is 4.52. The van der Waals surface area contributed by atoms with Crippen LogP contribution in [0.15, 0.2) is 4.34 Å². The van der Waals surface area contributed by atoms with Gasteiger partial charge in [0.25, 0.3) is 0 Å². The van der Waals surface area contributed by atoms with Gasteiger partial charge in [0.15, 0.2) is 4.34 Å². The molecule has 0 radical (unpaired) electrons. The lowest BCUT2D eigenvalue weighted by Gasteiger charge is -2.20. The van der Waals surface area contributed by atoms with Crippen molar-refractivity contribution in [1.82, 2.24) is 14.7 Å². The van der Waals surface area contributed by atoms with Crippen LogP contribution in [0.4, 0.5) is 0 Å². The van der Waals surface area contributed by atoms with Gasteiger partial charge in [-0.05, 0) is 49.7 Å². The molecule has 1 N–H and O–H groups in total. The van der Waals surface area contributed by atoms with Crippen molar-refractivity contribution < 1.29 is 0 Å². The van der Waals surface area contributed by atoms with E-state index in [2.05, 4.69) is 28.5 Å². The van der Waals surface area contributed by atoms with E-state index in [0.717, 1.165) is 28.5 Å². The first-order valence-corrected chi connectivity index (χ1v) is 9.28. The van der Waals surface area contributed by atoms with Crippen molar-refractivity contribution in [2.24, 2.45) is 5.92 Å². The molecule has 1 aromatic rings. The summed E-state index contributed by atoms with van der Waals surface area (Å²) >= 11 is 3.44. The summed E-state index contributed by atoms with van der Waals surface area (Å²) in [5.74, 6) is 3.06. The molecule has 2 unspecified atom stereocenters. The Morgan fingerprint density at radius 2 is 2.26 bits per heavy atom. The molecule has 1 heterocycles. The second-order valence-corrected chi connectivity index (χ2v) is 7.31. The Kier molecular flexibility index (Phi) is 6.61. The minimum Gasteiger partial charge on any atom is -0.314 e. The van der Waals surface area contributed by atoms with Crippen molar-refractivity contribution in [3.63, 3.8) is 0 Å². The summed E-state index contributed by atoms with van der Waals surface area (Å²) in [6.07, 6.45) is 7.67. The van der Waals surface area contributed by atoms with Gasteiger partial charge in [0.1, 0.15) is 5.82 Å². The molecule has 3 nitrogen and oxygen atoms in total. The molecule has 108 valence electrons. The summed E-state index contributed by atoms with van der Waals surface area (Å²) in [5, 5.41) is 3.71. The van der Waals surface area contributed by atoms with Crippen LogP contribution in [-0.4, -0.2) is 27.7 Å². The lowest BCUT2D eigenvalue weighted by Crippen LogP contribution is -2.33. The van der Waals surface area contributed by atoms with Gasteiger partial charge in [0, 0.05) is 18.2 Å². The van der Waals surface area contributed by atoms with Gasteiger partial charge in [-0.2, -0.15) is 4.37 Å². The van der Waals surface area contributed by atoms with E-state index < -0.39 is 0 Å². The topological polar surface area (TPSA) is 37.8 Å². The van der Waals surface area contributed by atoms with E-state index in [1.54, 1.807) is 11.5 Å². The summed E-state index contributed by atoms with van der Waals surface area (Å²) in [4.78, 5) is 4.52. The first-order valence-electron chi connectivity index (χ1n) is 7.52. The van der Waals surface area contributed by atoms with Gasteiger partial charge in [0.2, 0.25) is 0 Å². The third kappa shape index (κ3) is 4.72. The summed E-state index contributed by atoms with van der Waals surface area (Å²) in [7, 11) is 0. The van der Waals surface area contributed by atoms with E-state index in [9.17, 15) is 0 Å². The molecule has 0 spiro atoms. The van der Waals surface area contributed by atoms with Crippen LogP contribution in [-0.2, 0) is 6.42 Å². The zero-order valence-corrected chi connectivity index (χ0v) is 13.7. The van der Waals surface area contributed by atoms with Gasteiger partial charge in [-0.1, -0.05) is 32.0 Å². The Balaban J connectivity index is 1.69. The summed E-state index contributed by atoms with van der Waals surface area (Å²) in [6, 6.07) is 0.765. The molecule has 1 fully saturated rings. The molecule has 2 atom stereocenters. The number of nitrogens with zero attached hydrogens (tertiary/aromatic N) is 2.